The van der Waals surface area contributed by atoms with Crippen molar-refractivity contribution in [2.45, 2.75) is 39.5 Å². The molecule has 2 nitrogen and oxygen atoms in total. The van der Waals surface area contributed by atoms with Gasteiger partial charge in [-0.15, -0.1) is 0 Å². The van der Waals surface area contributed by atoms with Crippen LogP contribution in [0.5, 0.6) is 0 Å². The fourth-order valence-electron chi connectivity index (χ4n) is 2.79. The Morgan fingerprint density at radius 3 is 2.00 bits per heavy atom. The first-order chi connectivity index (χ1) is 7.72. The quantitative estimate of drug-likeness (QED) is 0.663. The van der Waals surface area contributed by atoms with E-state index in [2.05, 4.69) is 19.2 Å². The lowest BCUT2D eigenvalue weighted by molar-refractivity contribution is 0.328. The maximum atomic E-state index is 5.79. The fourth-order valence-corrected chi connectivity index (χ4v) is 2.79. The average Bonchev–Trinajstić information content (AvgIpc) is 3.11. The summed E-state index contributed by atoms with van der Waals surface area (Å²) >= 11 is 0. The summed E-state index contributed by atoms with van der Waals surface area (Å²) in [5.41, 5.74) is 5.79. The molecule has 0 spiro atoms. The topological polar surface area (TPSA) is 38.0 Å². The van der Waals surface area contributed by atoms with Gasteiger partial charge in [0.1, 0.15) is 0 Å². The van der Waals surface area contributed by atoms with Crippen LogP contribution in [0.4, 0.5) is 0 Å². The van der Waals surface area contributed by atoms with Gasteiger partial charge in [0.25, 0.3) is 0 Å². The zero-order chi connectivity index (χ0) is 11.5. The first-order valence-corrected chi connectivity index (χ1v) is 7.13. The Morgan fingerprint density at radius 2 is 1.62 bits per heavy atom. The second kappa shape index (κ2) is 5.50. The van der Waals surface area contributed by atoms with E-state index in [0.717, 1.165) is 30.8 Å². The molecule has 0 aliphatic heterocycles. The number of nitrogens with one attached hydrogen (secondary N) is 1. The molecule has 2 saturated carbocycles. The molecule has 2 aliphatic rings. The van der Waals surface area contributed by atoms with E-state index < -0.39 is 0 Å². The second-order valence-electron chi connectivity index (χ2n) is 6.24. The first-order valence-electron chi connectivity index (χ1n) is 7.13. The minimum absolute atomic E-state index is 0.652. The summed E-state index contributed by atoms with van der Waals surface area (Å²) in [4.78, 5) is 0. The second-order valence-corrected chi connectivity index (χ2v) is 6.24. The van der Waals surface area contributed by atoms with Crippen LogP contribution in [-0.2, 0) is 0 Å². The van der Waals surface area contributed by atoms with Crippen LogP contribution in [0.25, 0.3) is 0 Å². The maximum absolute atomic E-state index is 5.79. The third kappa shape index (κ3) is 3.46. The third-order valence-corrected chi connectivity index (χ3v) is 4.49. The highest BCUT2D eigenvalue weighted by Gasteiger charge is 2.40. The van der Waals surface area contributed by atoms with Crippen molar-refractivity contribution in [3.05, 3.63) is 0 Å². The van der Waals surface area contributed by atoms with Crippen molar-refractivity contribution in [2.24, 2.45) is 35.3 Å². The highest BCUT2D eigenvalue weighted by molar-refractivity contribution is 4.92. The molecule has 2 aliphatic carbocycles. The Hall–Kier alpha value is -0.0800. The molecule has 0 amide bonds. The molecule has 0 saturated heterocycles. The maximum Gasteiger partial charge on any atom is -0.000588 e. The smallest absolute Gasteiger partial charge is 0.000588 e. The standard InChI is InChI=1S/C14H28N2/c1-10(2)13(7-15)8-16-9-14(11-3-4-11)12-5-6-12/h10-14,16H,3-9,15H2,1-2H3. The molecule has 0 aromatic rings. The van der Waals surface area contributed by atoms with Crippen molar-refractivity contribution in [1.82, 2.24) is 5.32 Å². The van der Waals surface area contributed by atoms with Crippen LogP contribution >= 0.6 is 0 Å². The van der Waals surface area contributed by atoms with Crippen molar-refractivity contribution in [3.8, 4) is 0 Å². The van der Waals surface area contributed by atoms with Gasteiger partial charge in [-0.05, 0) is 74.9 Å². The molecule has 1 unspecified atom stereocenters. The normalized spacial score (nSPS) is 23.1. The summed E-state index contributed by atoms with van der Waals surface area (Å²) in [5.74, 6) is 4.48. The van der Waals surface area contributed by atoms with Gasteiger partial charge in [-0.2, -0.15) is 0 Å². The van der Waals surface area contributed by atoms with Gasteiger partial charge < -0.3 is 11.1 Å². The van der Waals surface area contributed by atoms with Crippen molar-refractivity contribution in [2.75, 3.05) is 19.6 Å². The van der Waals surface area contributed by atoms with Gasteiger partial charge in [-0.25, -0.2) is 0 Å². The van der Waals surface area contributed by atoms with Crippen molar-refractivity contribution < 1.29 is 0 Å². The van der Waals surface area contributed by atoms with Crippen molar-refractivity contribution in [3.63, 3.8) is 0 Å². The number of hydrogen-bond donors (Lipinski definition) is 2. The molecule has 0 bridgehead atoms. The largest absolute Gasteiger partial charge is 0.330 e. The zero-order valence-corrected chi connectivity index (χ0v) is 10.9. The molecule has 0 heterocycles. The van der Waals surface area contributed by atoms with E-state index in [4.69, 9.17) is 5.73 Å². The van der Waals surface area contributed by atoms with Gasteiger partial charge in [-0.1, -0.05) is 13.8 Å². The molecule has 1 atom stereocenters. The molecule has 2 fully saturated rings. The number of hydrogen-bond acceptors (Lipinski definition) is 2. The van der Waals surface area contributed by atoms with Crippen LogP contribution in [0.1, 0.15) is 39.5 Å². The predicted molar refractivity (Wildman–Crippen MR) is 69.2 cm³/mol. The summed E-state index contributed by atoms with van der Waals surface area (Å²) in [6, 6.07) is 0. The Balaban J connectivity index is 1.65. The van der Waals surface area contributed by atoms with Gasteiger partial charge in [0.2, 0.25) is 0 Å². The lowest BCUT2D eigenvalue weighted by Gasteiger charge is -2.22. The predicted octanol–water partition coefficient (Wildman–Crippen LogP) is 2.24. The van der Waals surface area contributed by atoms with Crippen LogP contribution in [0.3, 0.4) is 0 Å². The van der Waals surface area contributed by atoms with Crippen LogP contribution in [0.15, 0.2) is 0 Å². The molecule has 16 heavy (non-hydrogen) atoms. The molecule has 94 valence electrons. The van der Waals surface area contributed by atoms with Crippen molar-refractivity contribution >= 4 is 0 Å². The molecule has 0 aromatic heterocycles. The molecular weight excluding hydrogens is 196 g/mol. The van der Waals surface area contributed by atoms with Crippen LogP contribution < -0.4 is 11.1 Å². The minimum atomic E-state index is 0.652. The van der Waals surface area contributed by atoms with Crippen molar-refractivity contribution in [1.29, 1.82) is 0 Å². The molecule has 0 radical (unpaired) electrons. The van der Waals surface area contributed by atoms with Gasteiger partial charge in [0, 0.05) is 0 Å². The zero-order valence-electron chi connectivity index (χ0n) is 10.9. The Morgan fingerprint density at radius 1 is 1.06 bits per heavy atom. The average molecular weight is 224 g/mol. The summed E-state index contributed by atoms with van der Waals surface area (Å²) in [5, 5.41) is 3.68. The molecule has 2 rings (SSSR count). The van der Waals surface area contributed by atoms with E-state index >= 15 is 0 Å². The minimum Gasteiger partial charge on any atom is -0.330 e. The van der Waals surface area contributed by atoms with E-state index in [1.165, 1.54) is 32.2 Å². The van der Waals surface area contributed by atoms with Gasteiger partial charge in [0.15, 0.2) is 0 Å². The van der Waals surface area contributed by atoms with Gasteiger partial charge >= 0.3 is 0 Å². The van der Waals surface area contributed by atoms with Crippen LogP contribution in [0, 0.1) is 29.6 Å². The third-order valence-electron chi connectivity index (χ3n) is 4.49. The Kier molecular flexibility index (Phi) is 4.26. The summed E-state index contributed by atoms with van der Waals surface area (Å²) in [6.45, 7) is 7.74. The summed E-state index contributed by atoms with van der Waals surface area (Å²) < 4.78 is 0. The highest BCUT2D eigenvalue weighted by atomic mass is 14.9. The first kappa shape index (κ1) is 12.4. The SMILES string of the molecule is CC(C)C(CN)CNCC(C1CC1)C1CC1. The number of nitrogens with two attached hydrogens (primary N) is 1. The van der Waals surface area contributed by atoms with E-state index in [9.17, 15) is 0 Å². The Labute approximate surface area is 100 Å². The van der Waals surface area contributed by atoms with Crippen LogP contribution in [-0.4, -0.2) is 19.6 Å². The summed E-state index contributed by atoms with van der Waals surface area (Å²) in [6.07, 6.45) is 5.97. The van der Waals surface area contributed by atoms with E-state index in [0.29, 0.717) is 11.8 Å². The molecule has 0 aromatic carbocycles. The molecule has 2 heteroatoms. The molecule has 3 N–H and O–H groups in total. The highest BCUT2D eigenvalue weighted by Crippen LogP contribution is 2.48. The molecular formula is C14H28N2. The van der Waals surface area contributed by atoms with E-state index in [1.54, 1.807) is 0 Å². The number of rotatable bonds is 8. The van der Waals surface area contributed by atoms with Gasteiger partial charge in [-0.3, -0.25) is 0 Å². The Bertz CT molecular complexity index is 195. The lowest BCUT2D eigenvalue weighted by atomic mass is 9.94. The fraction of sp³-hybridized carbons (Fsp3) is 1.00. The van der Waals surface area contributed by atoms with Crippen LogP contribution in [0.2, 0.25) is 0 Å². The van der Waals surface area contributed by atoms with Gasteiger partial charge in [0.05, 0.1) is 0 Å². The lowest BCUT2D eigenvalue weighted by Crippen LogP contribution is -2.35. The summed E-state index contributed by atoms with van der Waals surface area (Å²) in [7, 11) is 0. The van der Waals surface area contributed by atoms with E-state index in [-0.39, 0.29) is 0 Å². The monoisotopic (exact) mass is 224 g/mol. The van der Waals surface area contributed by atoms with E-state index in [1.807, 2.05) is 0 Å².